The monoisotopic (exact) mass is 398 g/mol. The molecule has 0 aliphatic carbocycles. The third kappa shape index (κ3) is 4.00. The molecule has 142 valence electrons. The van der Waals surface area contributed by atoms with Crippen molar-refractivity contribution < 1.29 is 22.4 Å². The quantitative estimate of drug-likeness (QED) is 0.531. The van der Waals surface area contributed by atoms with E-state index >= 15 is 0 Å². The van der Waals surface area contributed by atoms with Crippen molar-refractivity contribution >= 4 is 28.3 Å². The van der Waals surface area contributed by atoms with E-state index in [0.29, 0.717) is 11.3 Å². The van der Waals surface area contributed by atoms with Crippen molar-refractivity contribution in [3.05, 3.63) is 46.9 Å². The molecule has 0 spiro atoms. The van der Waals surface area contributed by atoms with Gasteiger partial charge in [-0.25, -0.2) is 13.9 Å². The summed E-state index contributed by atoms with van der Waals surface area (Å²) in [6, 6.07) is 5.63. The van der Waals surface area contributed by atoms with Gasteiger partial charge >= 0.3 is 6.18 Å². The SMILES string of the molecule is CC(C)NC(=O)/C=C/c1c(-c2ccccc2F)nc2sc(C(F)(F)F)nn12. The highest BCUT2D eigenvalue weighted by Crippen LogP contribution is 2.35. The molecular formula is C17H14F4N4OS. The number of imidazole rings is 1. The van der Waals surface area contributed by atoms with Gasteiger partial charge in [0.05, 0.1) is 5.69 Å². The molecule has 0 saturated heterocycles. The van der Waals surface area contributed by atoms with Gasteiger partial charge in [-0.2, -0.15) is 13.2 Å². The summed E-state index contributed by atoms with van der Waals surface area (Å²) in [5.74, 6) is -1.02. The number of rotatable bonds is 4. The van der Waals surface area contributed by atoms with Crippen LogP contribution in [0, 0.1) is 5.82 Å². The first-order valence-electron chi connectivity index (χ1n) is 7.87. The van der Waals surface area contributed by atoms with Gasteiger partial charge in [-0.05, 0) is 32.1 Å². The van der Waals surface area contributed by atoms with E-state index in [9.17, 15) is 22.4 Å². The molecule has 1 aromatic carbocycles. The van der Waals surface area contributed by atoms with Gasteiger partial charge in [-0.1, -0.05) is 23.5 Å². The Morgan fingerprint density at radius 1 is 1.30 bits per heavy atom. The molecule has 0 saturated carbocycles. The lowest BCUT2D eigenvalue weighted by molar-refractivity contribution is -0.138. The van der Waals surface area contributed by atoms with Gasteiger partial charge in [-0.3, -0.25) is 4.79 Å². The van der Waals surface area contributed by atoms with Crippen molar-refractivity contribution in [3.63, 3.8) is 0 Å². The number of alkyl halides is 3. The second-order valence-corrected chi connectivity index (χ2v) is 6.88. The molecule has 1 amide bonds. The van der Waals surface area contributed by atoms with Crippen molar-refractivity contribution in [3.8, 4) is 11.3 Å². The summed E-state index contributed by atoms with van der Waals surface area (Å²) in [5, 5.41) is 5.09. The lowest BCUT2D eigenvalue weighted by atomic mass is 10.1. The molecule has 1 N–H and O–H groups in total. The van der Waals surface area contributed by atoms with Gasteiger partial charge in [0.15, 0.2) is 0 Å². The van der Waals surface area contributed by atoms with Crippen LogP contribution < -0.4 is 5.32 Å². The zero-order valence-corrected chi connectivity index (χ0v) is 15.0. The lowest BCUT2D eigenvalue weighted by Gasteiger charge is -2.05. The van der Waals surface area contributed by atoms with E-state index in [1.54, 1.807) is 19.9 Å². The summed E-state index contributed by atoms with van der Waals surface area (Å²) >= 11 is 0.343. The van der Waals surface area contributed by atoms with Crippen LogP contribution >= 0.6 is 11.3 Å². The van der Waals surface area contributed by atoms with Gasteiger partial charge in [0.25, 0.3) is 0 Å². The van der Waals surface area contributed by atoms with E-state index < -0.39 is 22.9 Å². The van der Waals surface area contributed by atoms with Crippen molar-refractivity contribution in [2.24, 2.45) is 0 Å². The molecule has 27 heavy (non-hydrogen) atoms. The first kappa shape index (κ1) is 19.0. The molecule has 2 heterocycles. The molecule has 5 nitrogen and oxygen atoms in total. The van der Waals surface area contributed by atoms with E-state index in [-0.39, 0.29) is 28.0 Å². The zero-order chi connectivity index (χ0) is 19.8. The largest absolute Gasteiger partial charge is 0.445 e. The van der Waals surface area contributed by atoms with Gasteiger partial charge in [0, 0.05) is 17.7 Å². The van der Waals surface area contributed by atoms with Gasteiger partial charge in [0.1, 0.15) is 11.5 Å². The predicted octanol–water partition coefficient (Wildman–Crippen LogP) is 4.15. The van der Waals surface area contributed by atoms with E-state index in [1.165, 1.54) is 24.3 Å². The summed E-state index contributed by atoms with van der Waals surface area (Å²) in [4.78, 5) is 15.9. The number of hydrogen-bond donors (Lipinski definition) is 1. The molecule has 0 bridgehead atoms. The molecule has 3 aromatic rings. The van der Waals surface area contributed by atoms with Gasteiger partial charge in [0.2, 0.25) is 15.9 Å². The minimum atomic E-state index is -4.63. The second-order valence-electron chi connectivity index (χ2n) is 5.92. The van der Waals surface area contributed by atoms with E-state index in [1.807, 2.05) is 0 Å². The van der Waals surface area contributed by atoms with Crippen LogP contribution in [-0.4, -0.2) is 26.5 Å². The van der Waals surface area contributed by atoms with Crippen molar-refractivity contribution in [2.45, 2.75) is 26.1 Å². The number of nitrogens with one attached hydrogen (secondary N) is 1. The van der Waals surface area contributed by atoms with Crippen LogP contribution in [0.3, 0.4) is 0 Å². The summed E-state index contributed by atoms with van der Waals surface area (Å²) in [6.45, 7) is 3.53. The number of amides is 1. The molecule has 0 atom stereocenters. The highest BCUT2D eigenvalue weighted by Gasteiger charge is 2.36. The van der Waals surface area contributed by atoms with Crippen LogP contribution in [0.15, 0.2) is 30.3 Å². The second kappa shape index (κ2) is 7.10. The Kier molecular flexibility index (Phi) is 5.01. The Labute approximate surface area is 155 Å². The normalized spacial score (nSPS) is 12.4. The molecule has 0 unspecified atom stereocenters. The Hall–Kier alpha value is -2.75. The van der Waals surface area contributed by atoms with Crippen molar-refractivity contribution in [1.82, 2.24) is 19.9 Å². The Morgan fingerprint density at radius 2 is 2.00 bits per heavy atom. The first-order chi connectivity index (χ1) is 12.7. The Morgan fingerprint density at radius 3 is 2.63 bits per heavy atom. The predicted molar refractivity (Wildman–Crippen MR) is 93.6 cm³/mol. The third-order valence-electron chi connectivity index (χ3n) is 3.43. The number of hydrogen-bond acceptors (Lipinski definition) is 4. The molecule has 2 aromatic heterocycles. The number of nitrogens with zero attached hydrogens (tertiary/aromatic N) is 3. The fraction of sp³-hybridized carbons (Fsp3) is 0.235. The van der Waals surface area contributed by atoms with Crippen LogP contribution in [0.25, 0.3) is 22.3 Å². The molecule has 0 aliphatic heterocycles. The minimum Gasteiger partial charge on any atom is -0.350 e. The number of halogens is 4. The smallest absolute Gasteiger partial charge is 0.350 e. The van der Waals surface area contributed by atoms with Crippen LogP contribution in [0.4, 0.5) is 17.6 Å². The van der Waals surface area contributed by atoms with Crippen molar-refractivity contribution in [1.29, 1.82) is 0 Å². The summed E-state index contributed by atoms with van der Waals surface area (Å²) in [7, 11) is 0. The third-order valence-corrected chi connectivity index (χ3v) is 4.39. The maximum absolute atomic E-state index is 14.2. The molecular weight excluding hydrogens is 384 g/mol. The fourth-order valence-electron chi connectivity index (χ4n) is 2.37. The summed E-state index contributed by atoms with van der Waals surface area (Å²) < 4.78 is 54.0. The standard InChI is InChI=1S/C17H14F4N4OS/c1-9(2)22-13(26)8-7-12-14(10-5-3-4-6-11(10)18)23-16-25(12)24-15(27-16)17(19,20)21/h3-9H,1-2H3,(H,22,26)/b8-7+. The maximum Gasteiger partial charge on any atom is 0.445 e. The number of carbonyl (C=O) groups is 1. The Balaban J connectivity index is 2.15. The molecule has 0 fully saturated rings. The van der Waals surface area contributed by atoms with Crippen molar-refractivity contribution in [2.75, 3.05) is 0 Å². The zero-order valence-electron chi connectivity index (χ0n) is 14.2. The van der Waals surface area contributed by atoms with Gasteiger partial charge in [-0.15, -0.1) is 5.10 Å². The molecule has 0 aliphatic rings. The lowest BCUT2D eigenvalue weighted by Crippen LogP contribution is -2.28. The van der Waals surface area contributed by atoms with Gasteiger partial charge < -0.3 is 5.32 Å². The number of fused-ring (bicyclic) bond motifs is 1. The molecule has 0 radical (unpaired) electrons. The van der Waals surface area contributed by atoms with Crippen LogP contribution in [0.2, 0.25) is 0 Å². The van der Waals surface area contributed by atoms with Crippen LogP contribution in [0.5, 0.6) is 0 Å². The van der Waals surface area contributed by atoms with Crippen LogP contribution in [0.1, 0.15) is 24.5 Å². The first-order valence-corrected chi connectivity index (χ1v) is 8.68. The fourth-order valence-corrected chi connectivity index (χ4v) is 3.14. The highest BCUT2D eigenvalue weighted by molar-refractivity contribution is 7.16. The average Bonchev–Trinajstić information content (AvgIpc) is 3.10. The summed E-state index contributed by atoms with van der Waals surface area (Å²) in [5.41, 5.74) is 0.294. The average molecular weight is 398 g/mol. The topological polar surface area (TPSA) is 59.3 Å². The number of carbonyl (C=O) groups excluding carboxylic acids is 1. The van der Waals surface area contributed by atoms with E-state index in [2.05, 4.69) is 15.4 Å². The van der Waals surface area contributed by atoms with E-state index in [0.717, 1.165) is 10.6 Å². The summed E-state index contributed by atoms with van der Waals surface area (Å²) in [6.07, 6.45) is -2.20. The molecule has 10 heteroatoms. The minimum absolute atomic E-state index is 0.0514. The maximum atomic E-state index is 14.2. The number of aromatic nitrogens is 3. The highest BCUT2D eigenvalue weighted by atomic mass is 32.1. The van der Waals surface area contributed by atoms with E-state index in [4.69, 9.17) is 0 Å². The van der Waals surface area contributed by atoms with Crippen LogP contribution in [-0.2, 0) is 11.0 Å². The number of benzene rings is 1. The molecule has 3 rings (SSSR count). The Bertz CT molecular complexity index is 1020.